The maximum atomic E-state index is 10.6. The van der Waals surface area contributed by atoms with Gasteiger partial charge in [0.1, 0.15) is 0 Å². The predicted molar refractivity (Wildman–Crippen MR) is 40.5 cm³/mol. The minimum Gasteiger partial charge on any atom is -0.294 e. The third kappa shape index (κ3) is 1.45. The largest absolute Gasteiger partial charge is 0.294 e. The summed E-state index contributed by atoms with van der Waals surface area (Å²) in [7, 11) is 0. The minimum atomic E-state index is 0.144. The van der Waals surface area contributed by atoms with E-state index in [1.807, 2.05) is 6.92 Å². The van der Waals surface area contributed by atoms with E-state index in [9.17, 15) is 4.79 Å². The molecule has 1 rings (SSSR count). The van der Waals surface area contributed by atoms with Crippen molar-refractivity contribution in [3.8, 4) is 0 Å². The van der Waals surface area contributed by atoms with Crippen molar-refractivity contribution in [3.05, 3.63) is 22.6 Å². The summed E-state index contributed by atoms with van der Waals surface area (Å²) in [6.07, 6.45) is 3.87. The Morgan fingerprint density at radius 3 is 2.67 bits per heavy atom. The summed E-state index contributed by atoms with van der Waals surface area (Å²) in [4.78, 5) is 11.5. The van der Waals surface area contributed by atoms with E-state index in [2.05, 4.69) is 12.6 Å². The summed E-state index contributed by atoms with van der Waals surface area (Å²) in [5, 5.41) is 0. The van der Waals surface area contributed by atoms with Crippen LogP contribution in [0.1, 0.15) is 13.3 Å². The average molecular weight is 140 g/mol. The zero-order chi connectivity index (χ0) is 6.85. The summed E-state index contributed by atoms with van der Waals surface area (Å²) in [6, 6.07) is 0. The molecule has 2 heteroatoms. The molecule has 0 spiro atoms. The third-order valence-corrected chi connectivity index (χ3v) is 1.83. The molecule has 0 amide bonds. The first-order valence-corrected chi connectivity index (χ1v) is 3.24. The van der Waals surface area contributed by atoms with Crippen molar-refractivity contribution in [1.82, 2.24) is 0 Å². The summed E-state index contributed by atoms with van der Waals surface area (Å²) >= 11 is 4.12. The normalized spacial score (nSPS) is 19.1. The maximum absolute atomic E-state index is 10.6. The van der Waals surface area contributed by atoms with Gasteiger partial charge in [-0.2, -0.15) is 0 Å². The molecule has 0 aromatic rings. The first-order valence-electron chi connectivity index (χ1n) is 2.80. The first kappa shape index (κ1) is 6.62. The second-order valence-corrected chi connectivity index (χ2v) is 2.65. The third-order valence-electron chi connectivity index (χ3n) is 1.32. The highest BCUT2D eigenvalue weighted by atomic mass is 32.1. The Bertz CT molecular complexity index is 201. The number of rotatable bonds is 0. The minimum absolute atomic E-state index is 0.144. The Morgan fingerprint density at radius 2 is 2.22 bits per heavy atom. The molecule has 9 heavy (non-hydrogen) atoms. The Labute approximate surface area is 59.9 Å². The summed E-state index contributed by atoms with van der Waals surface area (Å²) in [5.74, 6) is 0.144. The van der Waals surface area contributed by atoms with Crippen molar-refractivity contribution in [2.24, 2.45) is 0 Å². The van der Waals surface area contributed by atoms with Crippen molar-refractivity contribution < 1.29 is 4.79 Å². The topological polar surface area (TPSA) is 17.1 Å². The van der Waals surface area contributed by atoms with Crippen LogP contribution in [0, 0.1) is 0 Å². The lowest BCUT2D eigenvalue weighted by molar-refractivity contribution is -0.114. The van der Waals surface area contributed by atoms with Crippen molar-refractivity contribution in [1.29, 1.82) is 0 Å². The fourth-order valence-corrected chi connectivity index (χ4v) is 0.908. The molecule has 0 aliphatic heterocycles. The predicted octanol–water partition coefficient (Wildman–Crippen LogP) is 1.72. The van der Waals surface area contributed by atoms with Gasteiger partial charge in [0.05, 0.1) is 0 Å². The molecule has 1 aliphatic rings. The van der Waals surface area contributed by atoms with Gasteiger partial charge in [0.15, 0.2) is 5.78 Å². The Morgan fingerprint density at radius 1 is 1.56 bits per heavy atom. The van der Waals surface area contributed by atoms with E-state index in [1.165, 1.54) is 0 Å². The highest BCUT2D eigenvalue weighted by Gasteiger charge is 2.05. The van der Waals surface area contributed by atoms with Crippen LogP contribution in [-0.4, -0.2) is 5.78 Å². The SMILES string of the molecule is CC1=C(S)CC(=O)C=C1. The van der Waals surface area contributed by atoms with Gasteiger partial charge in [-0.25, -0.2) is 0 Å². The lowest BCUT2D eigenvalue weighted by Gasteiger charge is -2.04. The molecule has 0 saturated heterocycles. The molecule has 1 nitrogen and oxygen atoms in total. The van der Waals surface area contributed by atoms with Crippen LogP contribution in [0.3, 0.4) is 0 Å². The second kappa shape index (κ2) is 2.40. The molecule has 0 bridgehead atoms. The van der Waals surface area contributed by atoms with Crippen LogP contribution in [0.2, 0.25) is 0 Å². The smallest absolute Gasteiger partial charge is 0.160 e. The number of thiol groups is 1. The summed E-state index contributed by atoms with van der Waals surface area (Å²) < 4.78 is 0. The van der Waals surface area contributed by atoms with E-state index in [0.29, 0.717) is 6.42 Å². The average Bonchev–Trinajstić information content (AvgIpc) is 1.80. The Balaban J connectivity index is 2.87. The number of allylic oxidation sites excluding steroid dienone is 4. The lowest BCUT2D eigenvalue weighted by Crippen LogP contribution is -1.98. The van der Waals surface area contributed by atoms with Gasteiger partial charge < -0.3 is 0 Å². The standard InChI is InChI=1S/C7H8OS/c1-5-2-3-6(8)4-7(5)9/h2-3,9H,4H2,1H3. The van der Waals surface area contributed by atoms with E-state index < -0.39 is 0 Å². The van der Waals surface area contributed by atoms with Crippen LogP contribution in [0.25, 0.3) is 0 Å². The van der Waals surface area contributed by atoms with Gasteiger partial charge in [0.2, 0.25) is 0 Å². The van der Waals surface area contributed by atoms with Crippen LogP contribution < -0.4 is 0 Å². The van der Waals surface area contributed by atoms with E-state index in [-0.39, 0.29) is 5.78 Å². The molecular formula is C7H8OS. The van der Waals surface area contributed by atoms with E-state index in [0.717, 1.165) is 10.5 Å². The number of hydrogen-bond acceptors (Lipinski definition) is 2. The number of ketones is 1. The molecule has 0 N–H and O–H groups in total. The molecule has 0 radical (unpaired) electrons. The molecule has 0 aromatic heterocycles. The lowest BCUT2D eigenvalue weighted by atomic mass is 10.1. The van der Waals surface area contributed by atoms with Gasteiger partial charge in [-0.1, -0.05) is 6.08 Å². The van der Waals surface area contributed by atoms with Crippen LogP contribution in [0.15, 0.2) is 22.6 Å². The zero-order valence-electron chi connectivity index (χ0n) is 5.22. The fourth-order valence-electron chi connectivity index (χ4n) is 0.678. The van der Waals surface area contributed by atoms with Gasteiger partial charge in [0.25, 0.3) is 0 Å². The quantitative estimate of drug-likeness (QED) is 0.507. The van der Waals surface area contributed by atoms with E-state index >= 15 is 0 Å². The molecule has 0 fully saturated rings. The van der Waals surface area contributed by atoms with Crippen LogP contribution in [0.4, 0.5) is 0 Å². The Hall–Kier alpha value is -0.500. The van der Waals surface area contributed by atoms with Crippen LogP contribution >= 0.6 is 12.6 Å². The first-order chi connectivity index (χ1) is 4.20. The van der Waals surface area contributed by atoms with Crippen molar-refractivity contribution in [2.45, 2.75) is 13.3 Å². The van der Waals surface area contributed by atoms with Gasteiger partial charge in [-0.3, -0.25) is 4.79 Å². The van der Waals surface area contributed by atoms with Gasteiger partial charge in [0, 0.05) is 6.42 Å². The molecule has 0 aromatic carbocycles. The highest BCUT2D eigenvalue weighted by Crippen LogP contribution is 2.18. The van der Waals surface area contributed by atoms with Gasteiger partial charge in [-0.05, 0) is 23.5 Å². The van der Waals surface area contributed by atoms with Gasteiger partial charge in [-0.15, -0.1) is 12.6 Å². The van der Waals surface area contributed by atoms with Crippen molar-refractivity contribution >= 4 is 18.4 Å². The molecule has 1 aliphatic carbocycles. The molecule has 0 heterocycles. The molecule has 0 atom stereocenters. The molecular weight excluding hydrogens is 132 g/mol. The highest BCUT2D eigenvalue weighted by molar-refractivity contribution is 7.84. The summed E-state index contributed by atoms with van der Waals surface area (Å²) in [6.45, 7) is 1.95. The maximum Gasteiger partial charge on any atom is 0.160 e. The summed E-state index contributed by atoms with van der Waals surface area (Å²) in [5.41, 5.74) is 1.10. The molecule has 48 valence electrons. The van der Waals surface area contributed by atoms with Crippen molar-refractivity contribution in [2.75, 3.05) is 0 Å². The molecule has 0 unspecified atom stereocenters. The van der Waals surface area contributed by atoms with E-state index in [1.54, 1.807) is 12.2 Å². The zero-order valence-corrected chi connectivity index (χ0v) is 6.11. The monoisotopic (exact) mass is 140 g/mol. The van der Waals surface area contributed by atoms with Crippen molar-refractivity contribution in [3.63, 3.8) is 0 Å². The number of hydrogen-bond donors (Lipinski definition) is 1. The molecule has 0 saturated carbocycles. The van der Waals surface area contributed by atoms with Crippen LogP contribution in [-0.2, 0) is 4.79 Å². The number of carbonyl (C=O) groups excluding carboxylic acids is 1. The van der Waals surface area contributed by atoms with E-state index in [4.69, 9.17) is 0 Å². The van der Waals surface area contributed by atoms with Crippen LogP contribution in [0.5, 0.6) is 0 Å². The Kier molecular flexibility index (Phi) is 1.76. The number of carbonyl (C=O) groups is 1. The van der Waals surface area contributed by atoms with Gasteiger partial charge >= 0.3 is 0 Å². The fraction of sp³-hybridized carbons (Fsp3) is 0.286. The second-order valence-electron chi connectivity index (χ2n) is 2.11.